The van der Waals surface area contributed by atoms with Gasteiger partial charge in [-0.05, 0) is 61.3 Å². The number of carbonyl (C=O) groups excluding carboxylic acids is 1. The normalized spacial score (nSPS) is 17.4. The first-order valence-corrected chi connectivity index (χ1v) is 13.8. The molecule has 0 bridgehead atoms. The number of allylic oxidation sites excluding steroid dienone is 4. The van der Waals surface area contributed by atoms with Crippen LogP contribution in [0.4, 0.5) is 5.69 Å². The van der Waals surface area contributed by atoms with Crippen LogP contribution in [0.5, 0.6) is 0 Å². The Labute approximate surface area is 221 Å². The fraction of sp³-hybridized carbons (Fsp3) is 0.452. The topological polar surface area (TPSA) is 20.3 Å². The average Bonchev–Trinajstić information content (AvgIpc) is 2.87. The van der Waals surface area contributed by atoms with Gasteiger partial charge < -0.3 is 4.90 Å². The van der Waals surface area contributed by atoms with Gasteiger partial charge in [-0.3, -0.25) is 4.79 Å². The standard InChI is InChI=1S/C31H37Cl2NO/c1-21(2)28(23-11-6-4-7-12-23)19-34(25-14-8-5-9-15-25)30-18-29(32)27(17-22(30)3)26-16-10-13-24(20-35)31(26)33/h5,8,10,13-14,16-18,20-21,23,28H,4,6-7,9,11-12,15,19H2,1-3H3/t28-/m1/s1. The molecule has 2 aliphatic carbocycles. The van der Waals surface area contributed by atoms with Crippen molar-refractivity contribution in [3.8, 4) is 11.1 Å². The molecule has 0 unspecified atom stereocenters. The van der Waals surface area contributed by atoms with Crippen LogP contribution in [0.1, 0.15) is 74.7 Å². The highest BCUT2D eigenvalue weighted by Gasteiger charge is 2.30. The molecule has 4 heteroatoms. The first-order chi connectivity index (χ1) is 16.9. The predicted molar refractivity (Wildman–Crippen MR) is 151 cm³/mol. The van der Waals surface area contributed by atoms with Crippen molar-refractivity contribution in [1.29, 1.82) is 0 Å². The molecule has 1 fully saturated rings. The molecule has 0 spiro atoms. The third-order valence-corrected chi connectivity index (χ3v) is 8.60. The van der Waals surface area contributed by atoms with Crippen LogP contribution in [0.25, 0.3) is 11.1 Å². The highest BCUT2D eigenvalue weighted by Crippen LogP contribution is 2.42. The molecule has 2 aromatic carbocycles. The van der Waals surface area contributed by atoms with Crippen molar-refractivity contribution in [2.45, 2.75) is 65.7 Å². The smallest absolute Gasteiger partial charge is 0.151 e. The summed E-state index contributed by atoms with van der Waals surface area (Å²) in [6.07, 6.45) is 16.4. The van der Waals surface area contributed by atoms with Crippen LogP contribution in [0.2, 0.25) is 10.0 Å². The van der Waals surface area contributed by atoms with E-state index in [1.54, 1.807) is 6.07 Å². The lowest BCUT2D eigenvalue weighted by molar-refractivity contribution is 0.112. The molecule has 1 atom stereocenters. The summed E-state index contributed by atoms with van der Waals surface area (Å²) in [6, 6.07) is 9.75. The lowest BCUT2D eigenvalue weighted by Gasteiger charge is -2.39. The molecule has 1 saturated carbocycles. The van der Waals surface area contributed by atoms with E-state index >= 15 is 0 Å². The zero-order valence-corrected chi connectivity index (χ0v) is 22.7. The van der Waals surface area contributed by atoms with Crippen molar-refractivity contribution in [1.82, 2.24) is 0 Å². The summed E-state index contributed by atoms with van der Waals surface area (Å²) < 4.78 is 0. The number of benzene rings is 2. The fourth-order valence-electron chi connectivity index (χ4n) is 5.88. The van der Waals surface area contributed by atoms with Gasteiger partial charge in [-0.2, -0.15) is 0 Å². The maximum atomic E-state index is 11.4. The van der Waals surface area contributed by atoms with Gasteiger partial charge in [-0.15, -0.1) is 0 Å². The second-order valence-corrected chi connectivity index (χ2v) is 11.3. The van der Waals surface area contributed by atoms with Gasteiger partial charge in [-0.1, -0.05) is 99.5 Å². The summed E-state index contributed by atoms with van der Waals surface area (Å²) in [5.74, 6) is 2.05. The highest BCUT2D eigenvalue weighted by molar-refractivity contribution is 6.38. The van der Waals surface area contributed by atoms with Crippen LogP contribution in [-0.4, -0.2) is 12.8 Å². The molecule has 0 amide bonds. The lowest BCUT2D eigenvalue weighted by atomic mass is 9.74. The Morgan fingerprint density at radius 1 is 1.09 bits per heavy atom. The molecule has 2 aliphatic rings. The van der Waals surface area contributed by atoms with Crippen molar-refractivity contribution < 1.29 is 4.79 Å². The molecule has 35 heavy (non-hydrogen) atoms. The number of aldehydes is 1. The number of rotatable bonds is 8. The molecule has 0 saturated heterocycles. The van der Waals surface area contributed by atoms with Crippen molar-refractivity contribution in [3.05, 3.63) is 75.4 Å². The summed E-state index contributed by atoms with van der Waals surface area (Å²) in [4.78, 5) is 14.0. The van der Waals surface area contributed by atoms with E-state index in [1.807, 2.05) is 12.1 Å². The van der Waals surface area contributed by atoms with Crippen LogP contribution >= 0.6 is 23.2 Å². The molecule has 0 aliphatic heterocycles. The SMILES string of the molecule is Cc1cc(-c2cccc(C=O)c2Cl)c(Cl)cc1N(C[C@H](C(C)C)C1CCCCC1)C1=CC=CCC1. The minimum absolute atomic E-state index is 0.450. The van der Waals surface area contributed by atoms with Crippen LogP contribution < -0.4 is 4.90 Å². The number of nitrogens with zero attached hydrogens (tertiary/aromatic N) is 1. The number of aryl methyl sites for hydroxylation is 1. The van der Waals surface area contributed by atoms with Crippen molar-refractivity contribution in [3.63, 3.8) is 0 Å². The van der Waals surface area contributed by atoms with Crippen LogP contribution in [0.15, 0.2) is 54.3 Å². The Morgan fingerprint density at radius 2 is 1.86 bits per heavy atom. The molecule has 0 N–H and O–H groups in total. The van der Waals surface area contributed by atoms with E-state index in [0.29, 0.717) is 27.4 Å². The first kappa shape index (κ1) is 26.0. The Morgan fingerprint density at radius 3 is 2.51 bits per heavy atom. The number of hydrogen-bond donors (Lipinski definition) is 0. The molecular formula is C31H37Cl2NO. The Bertz CT molecular complexity index is 1110. The van der Waals surface area contributed by atoms with Gasteiger partial charge in [-0.25, -0.2) is 0 Å². The summed E-state index contributed by atoms with van der Waals surface area (Å²) in [5, 5.41) is 1.11. The van der Waals surface area contributed by atoms with E-state index in [-0.39, 0.29) is 0 Å². The Kier molecular flexibility index (Phi) is 8.78. The molecular weight excluding hydrogens is 473 g/mol. The van der Waals surface area contributed by atoms with Crippen LogP contribution in [-0.2, 0) is 0 Å². The van der Waals surface area contributed by atoms with E-state index < -0.39 is 0 Å². The summed E-state index contributed by atoms with van der Waals surface area (Å²) in [7, 11) is 0. The van der Waals surface area contributed by atoms with E-state index in [4.69, 9.17) is 23.2 Å². The van der Waals surface area contributed by atoms with E-state index in [9.17, 15) is 4.79 Å². The zero-order valence-electron chi connectivity index (χ0n) is 21.2. The van der Waals surface area contributed by atoms with Gasteiger partial charge in [0.2, 0.25) is 0 Å². The minimum Gasteiger partial charge on any atom is -0.345 e. The maximum Gasteiger partial charge on any atom is 0.151 e. The van der Waals surface area contributed by atoms with Gasteiger partial charge >= 0.3 is 0 Å². The second-order valence-electron chi connectivity index (χ2n) is 10.5. The highest BCUT2D eigenvalue weighted by atomic mass is 35.5. The van der Waals surface area contributed by atoms with Gasteiger partial charge in [0.1, 0.15) is 0 Å². The third-order valence-electron chi connectivity index (χ3n) is 7.87. The van der Waals surface area contributed by atoms with Gasteiger partial charge in [0.25, 0.3) is 0 Å². The van der Waals surface area contributed by atoms with E-state index in [2.05, 4.69) is 56.0 Å². The quantitative estimate of drug-likeness (QED) is 0.330. The van der Waals surface area contributed by atoms with Crippen molar-refractivity contribution in [2.24, 2.45) is 17.8 Å². The average molecular weight is 511 g/mol. The molecule has 4 rings (SSSR count). The zero-order chi connectivity index (χ0) is 24.9. The monoisotopic (exact) mass is 509 g/mol. The number of hydrogen-bond acceptors (Lipinski definition) is 2. The molecule has 0 radical (unpaired) electrons. The molecule has 0 aromatic heterocycles. The molecule has 2 nitrogen and oxygen atoms in total. The predicted octanol–water partition coefficient (Wildman–Crippen LogP) is 9.67. The second kappa shape index (κ2) is 11.8. The van der Waals surface area contributed by atoms with E-state index in [0.717, 1.165) is 42.7 Å². The number of carbonyl (C=O) groups is 1. The lowest BCUT2D eigenvalue weighted by Crippen LogP contribution is -2.36. The minimum atomic E-state index is 0.450. The van der Waals surface area contributed by atoms with Crippen LogP contribution in [0, 0.1) is 24.7 Å². The summed E-state index contributed by atoms with van der Waals surface area (Å²) in [6.45, 7) is 7.94. The van der Waals surface area contributed by atoms with Gasteiger partial charge in [0, 0.05) is 34.6 Å². The number of halogens is 2. The largest absolute Gasteiger partial charge is 0.345 e. The van der Waals surface area contributed by atoms with Gasteiger partial charge in [0.05, 0.1) is 10.0 Å². The maximum absolute atomic E-state index is 11.4. The van der Waals surface area contributed by atoms with Gasteiger partial charge in [0.15, 0.2) is 6.29 Å². The molecule has 2 aromatic rings. The van der Waals surface area contributed by atoms with Crippen molar-refractivity contribution >= 4 is 35.2 Å². The Hall–Kier alpha value is -2.03. The van der Waals surface area contributed by atoms with Crippen LogP contribution in [0.3, 0.4) is 0 Å². The Balaban J connectivity index is 1.75. The van der Waals surface area contributed by atoms with Crippen molar-refractivity contribution in [2.75, 3.05) is 11.4 Å². The van der Waals surface area contributed by atoms with E-state index in [1.165, 1.54) is 49.1 Å². The summed E-state index contributed by atoms with van der Waals surface area (Å²) >= 11 is 13.5. The number of anilines is 1. The fourth-order valence-corrected chi connectivity index (χ4v) is 6.41. The molecule has 0 heterocycles. The third kappa shape index (κ3) is 5.87. The summed E-state index contributed by atoms with van der Waals surface area (Å²) in [5.41, 5.74) is 5.84. The molecule has 186 valence electrons. The first-order valence-electron chi connectivity index (χ1n) is 13.1.